The molecule has 1 aromatic carbocycles. The number of ether oxygens (including phenoxy) is 2. The maximum Gasteiger partial charge on any atom is 0.409 e. The van der Waals surface area contributed by atoms with E-state index in [9.17, 15) is 4.79 Å². The maximum absolute atomic E-state index is 11.1. The van der Waals surface area contributed by atoms with E-state index in [0.29, 0.717) is 26.3 Å². The number of amides is 1. The predicted molar refractivity (Wildman–Crippen MR) is 63.9 cm³/mol. The first-order valence-electron chi connectivity index (χ1n) is 5.66. The van der Waals surface area contributed by atoms with Gasteiger partial charge in [0.25, 0.3) is 0 Å². The number of benzene rings is 1. The van der Waals surface area contributed by atoms with Gasteiger partial charge in [0, 0.05) is 12.2 Å². The van der Waals surface area contributed by atoms with E-state index in [2.05, 4.69) is 0 Å². The molecule has 0 bridgehead atoms. The van der Waals surface area contributed by atoms with Gasteiger partial charge in [-0.15, -0.1) is 0 Å². The molecule has 2 rings (SSSR count). The Labute approximate surface area is 100 Å². The van der Waals surface area contributed by atoms with Crippen LogP contribution in [-0.4, -0.2) is 37.3 Å². The molecule has 1 aliphatic rings. The number of hydrogen-bond donors (Lipinski definition) is 1. The molecule has 2 N–H and O–H groups in total. The van der Waals surface area contributed by atoms with Gasteiger partial charge < -0.3 is 20.1 Å². The summed E-state index contributed by atoms with van der Waals surface area (Å²) in [5.74, 6) is 0.795. The van der Waals surface area contributed by atoms with Crippen molar-refractivity contribution in [2.24, 2.45) is 0 Å². The van der Waals surface area contributed by atoms with Gasteiger partial charge in [-0.1, -0.05) is 0 Å². The Balaban J connectivity index is 1.66. The lowest BCUT2D eigenvalue weighted by Gasteiger charge is -2.12. The molecule has 5 heteroatoms. The Kier molecular flexibility index (Phi) is 3.69. The zero-order valence-electron chi connectivity index (χ0n) is 9.59. The SMILES string of the molecule is Nc1ccc(OCCCN2CCOC2=O)cc1. The first kappa shape index (κ1) is 11.6. The summed E-state index contributed by atoms with van der Waals surface area (Å²) in [6, 6.07) is 7.26. The van der Waals surface area contributed by atoms with Crippen molar-refractivity contribution in [1.82, 2.24) is 4.90 Å². The van der Waals surface area contributed by atoms with Crippen molar-refractivity contribution >= 4 is 11.8 Å². The van der Waals surface area contributed by atoms with Crippen LogP contribution in [0.4, 0.5) is 10.5 Å². The van der Waals surface area contributed by atoms with Crippen LogP contribution in [0.3, 0.4) is 0 Å². The Morgan fingerprint density at radius 2 is 2.12 bits per heavy atom. The van der Waals surface area contributed by atoms with Crippen LogP contribution in [0.25, 0.3) is 0 Å². The highest BCUT2D eigenvalue weighted by Crippen LogP contribution is 2.13. The van der Waals surface area contributed by atoms with Crippen LogP contribution in [0.1, 0.15) is 6.42 Å². The molecule has 1 aromatic rings. The van der Waals surface area contributed by atoms with Crippen LogP contribution in [0, 0.1) is 0 Å². The summed E-state index contributed by atoms with van der Waals surface area (Å²) in [5, 5.41) is 0. The molecular formula is C12H16N2O3. The first-order valence-corrected chi connectivity index (χ1v) is 5.66. The summed E-state index contributed by atoms with van der Waals surface area (Å²) in [6.07, 6.45) is 0.567. The minimum Gasteiger partial charge on any atom is -0.494 e. The average Bonchev–Trinajstić information content (AvgIpc) is 2.73. The smallest absolute Gasteiger partial charge is 0.409 e. The highest BCUT2D eigenvalue weighted by molar-refractivity contribution is 5.69. The maximum atomic E-state index is 11.1. The third-order valence-corrected chi connectivity index (χ3v) is 2.57. The minimum atomic E-state index is -0.225. The first-order chi connectivity index (χ1) is 8.25. The van der Waals surface area contributed by atoms with E-state index in [1.54, 1.807) is 17.0 Å². The van der Waals surface area contributed by atoms with E-state index in [1.807, 2.05) is 12.1 Å². The molecule has 0 unspecified atom stereocenters. The fourth-order valence-electron chi connectivity index (χ4n) is 1.64. The summed E-state index contributed by atoms with van der Waals surface area (Å²) < 4.78 is 10.3. The van der Waals surface area contributed by atoms with Crippen LogP contribution in [0.2, 0.25) is 0 Å². The van der Waals surface area contributed by atoms with Gasteiger partial charge in [0.15, 0.2) is 0 Å². The normalized spacial score (nSPS) is 14.8. The predicted octanol–water partition coefficient (Wildman–Crippen LogP) is 1.49. The summed E-state index contributed by atoms with van der Waals surface area (Å²) >= 11 is 0. The van der Waals surface area contributed by atoms with E-state index in [4.69, 9.17) is 15.2 Å². The van der Waals surface area contributed by atoms with Gasteiger partial charge in [-0.25, -0.2) is 4.79 Å². The van der Waals surface area contributed by atoms with Crippen molar-refractivity contribution in [1.29, 1.82) is 0 Å². The third-order valence-electron chi connectivity index (χ3n) is 2.57. The molecule has 0 spiro atoms. The van der Waals surface area contributed by atoms with Gasteiger partial charge in [0.2, 0.25) is 0 Å². The Hall–Kier alpha value is -1.91. The molecule has 1 amide bonds. The summed E-state index contributed by atoms with van der Waals surface area (Å²) in [6.45, 7) is 2.43. The number of cyclic esters (lactones) is 1. The molecule has 92 valence electrons. The Morgan fingerprint density at radius 3 is 2.76 bits per heavy atom. The van der Waals surface area contributed by atoms with Gasteiger partial charge in [0.1, 0.15) is 12.4 Å². The molecule has 5 nitrogen and oxygen atoms in total. The van der Waals surface area contributed by atoms with Crippen LogP contribution in [0.15, 0.2) is 24.3 Å². The zero-order valence-corrected chi connectivity index (χ0v) is 9.59. The van der Waals surface area contributed by atoms with E-state index in [0.717, 1.165) is 17.9 Å². The number of carbonyl (C=O) groups excluding carboxylic acids is 1. The second kappa shape index (κ2) is 5.43. The van der Waals surface area contributed by atoms with Gasteiger partial charge in [-0.2, -0.15) is 0 Å². The highest BCUT2D eigenvalue weighted by Gasteiger charge is 2.20. The van der Waals surface area contributed by atoms with Gasteiger partial charge in [0.05, 0.1) is 13.2 Å². The number of nitrogens with two attached hydrogens (primary N) is 1. The number of nitrogen functional groups attached to an aromatic ring is 1. The summed E-state index contributed by atoms with van der Waals surface area (Å²) in [7, 11) is 0. The van der Waals surface area contributed by atoms with E-state index in [-0.39, 0.29) is 6.09 Å². The van der Waals surface area contributed by atoms with Crippen molar-refractivity contribution in [2.45, 2.75) is 6.42 Å². The second-order valence-electron chi connectivity index (χ2n) is 3.87. The fraction of sp³-hybridized carbons (Fsp3) is 0.417. The van der Waals surface area contributed by atoms with Crippen LogP contribution < -0.4 is 10.5 Å². The lowest BCUT2D eigenvalue weighted by Crippen LogP contribution is -2.26. The molecule has 1 aliphatic heterocycles. The zero-order chi connectivity index (χ0) is 12.1. The number of carbonyl (C=O) groups is 1. The largest absolute Gasteiger partial charge is 0.494 e. The van der Waals surface area contributed by atoms with Crippen molar-refractivity contribution in [3.8, 4) is 5.75 Å². The molecule has 0 aliphatic carbocycles. The second-order valence-corrected chi connectivity index (χ2v) is 3.87. The van der Waals surface area contributed by atoms with Crippen molar-refractivity contribution in [3.05, 3.63) is 24.3 Å². The molecule has 17 heavy (non-hydrogen) atoms. The van der Waals surface area contributed by atoms with Crippen molar-refractivity contribution in [2.75, 3.05) is 32.0 Å². The van der Waals surface area contributed by atoms with E-state index < -0.39 is 0 Å². The molecule has 0 aromatic heterocycles. The summed E-state index contributed by atoms with van der Waals surface area (Å²) in [4.78, 5) is 12.8. The highest BCUT2D eigenvalue weighted by atomic mass is 16.6. The van der Waals surface area contributed by atoms with Gasteiger partial charge >= 0.3 is 6.09 Å². The molecule has 0 atom stereocenters. The van der Waals surface area contributed by atoms with Gasteiger partial charge in [-0.05, 0) is 30.7 Å². The molecule has 1 saturated heterocycles. The monoisotopic (exact) mass is 236 g/mol. The van der Waals surface area contributed by atoms with E-state index in [1.165, 1.54) is 0 Å². The quantitative estimate of drug-likeness (QED) is 0.621. The lowest BCUT2D eigenvalue weighted by molar-refractivity contribution is 0.156. The molecule has 0 saturated carbocycles. The third kappa shape index (κ3) is 3.27. The number of rotatable bonds is 5. The van der Waals surface area contributed by atoms with Crippen LogP contribution >= 0.6 is 0 Å². The van der Waals surface area contributed by atoms with Crippen molar-refractivity contribution < 1.29 is 14.3 Å². The fourth-order valence-corrected chi connectivity index (χ4v) is 1.64. The van der Waals surface area contributed by atoms with Gasteiger partial charge in [-0.3, -0.25) is 0 Å². The lowest BCUT2D eigenvalue weighted by atomic mass is 10.3. The Bertz CT molecular complexity index is 378. The number of nitrogens with zero attached hydrogens (tertiary/aromatic N) is 1. The minimum absolute atomic E-state index is 0.225. The van der Waals surface area contributed by atoms with Crippen molar-refractivity contribution in [3.63, 3.8) is 0 Å². The molecule has 1 fully saturated rings. The summed E-state index contributed by atoms with van der Waals surface area (Å²) in [5.41, 5.74) is 6.29. The number of anilines is 1. The average molecular weight is 236 g/mol. The van der Waals surface area contributed by atoms with Crippen LogP contribution in [0.5, 0.6) is 5.75 Å². The topological polar surface area (TPSA) is 64.8 Å². The Morgan fingerprint density at radius 1 is 1.35 bits per heavy atom. The molecule has 1 heterocycles. The molecular weight excluding hydrogens is 220 g/mol. The van der Waals surface area contributed by atoms with E-state index >= 15 is 0 Å². The van der Waals surface area contributed by atoms with Crippen LogP contribution in [-0.2, 0) is 4.74 Å². The number of hydrogen-bond acceptors (Lipinski definition) is 4. The molecule has 0 radical (unpaired) electrons. The standard InChI is InChI=1S/C12H16N2O3/c13-10-2-4-11(5-3-10)16-8-1-6-14-7-9-17-12(14)15/h2-5H,1,6-9,13H2.